The first-order chi connectivity index (χ1) is 7.59. The number of unbranched alkanes of at least 4 members (excludes halogenated alkanes) is 1. The maximum Gasteiger partial charge on any atom is 0.0521 e. The molecule has 1 atom stereocenters. The van der Waals surface area contributed by atoms with Crippen LogP contribution in [-0.2, 0) is 13.5 Å². The van der Waals surface area contributed by atoms with Crippen molar-refractivity contribution in [2.24, 2.45) is 12.8 Å². The van der Waals surface area contributed by atoms with Crippen molar-refractivity contribution in [2.45, 2.75) is 57.9 Å². The van der Waals surface area contributed by atoms with Crippen LogP contribution >= 0.6 is 0 Å². The second-order valence-corrected chi connectivity index (χ2v) is 4.84. The van der Waals surface area contributed by atoms with Gasteiger partial charge < -0.3 is 5.73 Å². The Morgan fingerprint density at radius 3 is 2.62 bits per heavy atom. The van der Waals surface area contributed by atoms with Crippen molar-refractivity contribution in [1.82, 2.24) is 9.78 Å². The summed E-state index contributed by atoms with van der Waals surface area (Å²) in [6, 6.07) is 0. The van der Waals surface area contributed by atoms with Crippen LogP contribution in [0.3, 0.4) is 0 Å². The highest BCUT2D eigenvalue weighted by Gasteiger charge is 2.21. The van der Waals surface area contributed by atoms with Crippen molar-refractivity contribution in [1.29, 1.82) is 0 Å². The molecular formula is C13H25N3. The summed E-state index contributed by atoms with van der Waals surface area (Å²) < 4.78 is 1.85. The third kappa shape index (κ3) is 3.97. The Bertz CT molecular complexity index is 306. The van der Waals surface area contributed by atoms with Crippen LogP contribution in [0.1, 0.15) is 51.5 Å². The molecule has 3 heteroatoms. The van der Waals surface area contributed by atoms with E-state index in [-0.39, 0.29) is 5.54 Å². The molecule has 1 rings (SSSR count). The minimum atomic E-state index is 0.0197. The van der Waals surface area contributed by atoms with Gasteiger partial charge in [-0.1, -0.05) is 26.7 Å². The summed E-state index contributed by atoms with van der Waals surface area (Å²) in [6.45, 7) is 4.41. The molecule has 1 unspecified atom stereocenters. The van der Waals surface area contributed by atoms with E-state index in [4.69, 9.17) is 5.73 Å². The zero-order valence-electron chi connectivity index (χ0n) is 10.9. The Hall–Kier alpha value is -0.830. The van der Waals surface area contributed by atoms with Crippen molar-refractivity contribution >= 4 is 0 Å². The largest absolute Gasteiger partial charge is 0.325 e. The lowest BCUT2D eigenvalue weighted by Gasteiger charge is -2.28. The van der Waals surface area contributed by atoms with Crippen molar-refractivity contribution in [3.05, 3.63) is 18.0 Å². The van der Waals surface area contributed by atoms with Gasteiger partial charge in [0.2, 0.25) is 0 Å². The zero-order valence-corrected chi connectivity index (χ0v) is 10.9. The summed E-state index contributed by atoms with van der Waals surface area (Å²) in [5.41, 5.74) is 7.72. The standard InChI is InChI=1S/C13H25N3/c1-4-6-8-13(14,5-2)9-7-12-10-15-16(3)11-12/h10-11H,4-9,14H2,1-3H3. The van der Waals surface area contributed by atoms with E-state index in [2.05, 4.69) is 25.1 Å². The Balaban J connectivity index is 2.44. The number of hydrogen-bond donors (Lipinski definition) is 1. The minimum absolute atomic E-state index is 0.0197. The molecule has 1 aromatic heterocycles. The predicted octanol–water partition coefficient (Wildman–Crippen LogP) is 2.65. The van der Waals surface area contributed by atoms with Gasteiger partial charge in [0.15, 0.2) is 0 Å². The molecular weight excluding hydrogens is 198 g/mol. The second-order valence-electron chi connectivity index (χ2n) is 4.84. The van der Waals surface area contributed by atoms with Gasteiger partial charge in [-0.15, -0.1) is 0 Å². The molecule has 1 aromatic rings. The summed E-state index contributed by atoms with van der Waals surface area (Å²) >= 11 is 0. The molecule has 0 aliphatic rings. The Morgan fingerprint density at radius 1 is 1.38 bits per heavy atom. The summed E-state index contributed by atoms with van der Waals surface area (Å²) in [7, 11) is 1.95. The maximum atomic E-state index is 6.41. The van der Waals surface area contributed by atoms with Crippen LogP contribution in [0.4, 0.5) is 0 Å². The fourth-order valence-electron chi connectivity index (χ4n) is 2.00. The van der Waals surface area contributed by atoms with E-state index in [0.29, 0.717) is 0 Å². The van der Waals surface area contributed by atoms with E-state index in [9.17, 15) is 0 Å². The molecule has 0 fully saturated rings. The van der Waals surface area contributed by atoms with E-state index < -0.39 is 0 Å². The molecule has 0 bridgehead atoms. The van der Waals surface area contributed by atoms with Crippen LogP contribution in [0.2, 0.25) is 0 Å². The third-order valence-corrected chi connectivity index (χ3v) is 3.40. The number of aryl methyl sites for hydroxylation is 2. The van der Waals surface area contributed by atoms with Gasteiger partial charge in [-0.25, -0.2) is 0 Å². The number of nitrogens with zero attached hydrogens (tertiary/aromatic N) is 2. The highest BCUT2D eigenvalue weighted by Crippen LogP contribution is 2.21. The van der Waals surface area contributed by atoms with Gasteiger partial charge in [-0.3, -0.25) is 4.68 Å². The molecule has 3 nitrogen and oxygen atoms in total. The van der Waals surface area contributed by atoms with Gasteiger partial charge in [0.05, 0.1) is 6.20 Å². The SMILES string of the molecule is CCCCC(N)(CC)CCc1cnn(C)c1. The summed E-state index contributed by atoms with van der Waals surface area (Å²) in [6.07, 6.45) is 10.8. The zero-order chi connectivity index (χ0) is 12.0. The Morgan fingerprint density at radius 2 is 2.12 bits per heavy atom. The Labute approximate surface area is 99.0 Å². The van der Waals surface area contributed by atoms with Crippen molar-refractivity contribution in [2.75, 3.05) is 0 Å². The van der Waals surface area contributed by atoms with E-state index in [1.54, 1.807) is 0 Å². The number of rotatable bonds is 7. The number of aromatic nitrogens is 2. The van der Waals surface area contributed by atoms with Crippen LogP contribution in [0.25, 0.3) is 0 Å². The summed E-state index contributed by atoms with van der Waals surface area (Å²) in [4.78, 5) is 0. The third-order valence-electron chi connectivity index (χ3n) is 3.40. The predicted molar refractivity (Wildman–Crippen MR) is 68.3 cm³/mol. The highest BCUT2D eigenvalue weighted by molar-refractivity contribution is 5.05. The van der Waals surface area contributed by atoms with Gasteiger partial charge >= 0.3 is 0 Å². The van der Waals surface area contributed by atoms with E-state index in [1.165, 1.54) is 18.4 Å². The first kappa shape index (κ1) is 13.2. The molecule has 2 N–H and O–H groups in total. The van der Waals surface area contributed by atoms with E-state index in [1.807, 2.05) is 17.9 Å². The fourth-order valence-corrected chi connectivity index (χ4v) is 2.00. The lowest BCUT2D eigenvalue weighted by molar-refractivity contribution is 0.342. The molecule has 0 radical (unpaired) electrons. The maximum absolute atomic E-state index is 6.41. The highest BCUT2D eigenvalue weighted by atomic mass is 15.2. The van der Waals surface area contributed by atoms with Gasteiger partial charge in [0.25, 0.3) is 0 Å². The average molecular weight is 223 g/mol. The molecule has 0 spiro atoms. The second kappa shape index (κ2) is 6.04. The Kier molecular flexibility index (Phi) is 5.00. The molecule has 92 valence electrons. The number of nitrogens with two attached hydrogens (primary N) is 1. The van der Waals surface area contributed by atoms with Crippen molar-refractivity contribution < 1.29 is 0 Å². The van der Waals surface area contributed by atoms with E-state index in [0.717, 1.165) is 25.7 Å². The van der Waals surface area contributed by atoms with Crippen LogP contribution in [0.5, 0.6) is 0 Å². The summed E-state index contributed by atoms with van der Waals surface area (Å²) in [5, 5.41) is 4.18. The molecule has 1 heterocycles. The van der Waals surface area contributed by atoms with Crippen molar-refractivity contribution in [3.8, 4) is 0 Å². The average Bonchev–Trinajstić information content (AvgIpc) is 2.70. The van der Waals surface area contributed by atoms with Gasteiger partial charge in [0, 0.05) is 18.8 Å². The molecule has 0 aliphatic heterocycles. The first-order valence-electron chi connectivity index (χ1n) is 6.36. The quantitative estimate of drug-likeness (QED) is 0.772. The topological polar surface area (TPSA) is 43.8 Å². The molecule has 0 amide bonds. The van der Waals surface area contributed by atoms with Crippen LogP contribution in [-0.4, -0.2) is 15.3 Å². The summed E-state index contributed by atoms with van der Waals surface area (Å²) in [5.74, 6) is 0. The van der Waals surface area contributed by atoms with Crippen LogP contribution in [0, 0.1) is 0 Å². The first-order valence-corrected chi connectivity index (χ1v) is 6.36. The van der Waals surface area contributed by atoms with Crippen molar-refractivity contribution in [3.63, 3.8) is 0 Å². The lowest BCUT2D eigenvalue weighted by Crippen LogP contribution is -2.39. The molecule has 16 heavy (non-hydrogen) atoms. The molecule has 0 saturated carbocycles. The monoisotopic (exact) mass is 223 g/mol. The molecule has 0 aliphatic carbocycles. The normalized spacial score (nSPS) is 15.0. The number of hydrogen-bond acceptors (Lipinski definition) is 2. The lowest BCUT2D eigenvalue weighted by atomic mass is 9.85. The molecule has 0 aromatic carbocycles. The van der Waals surface area contributed by atoms with Gasteiger partial charge in [0.1, 0.15) is 0 Å². The minimum Gasteiger partial charge on any atom is -0.325 e. The van der Waals surface area contributed by atoms with Gasteiger partial charge in [-0.05, 0) is 31.2 Å². The van der Waals surface area contributed by atoms with Crippen LogP contribution in [0.15, 0.2) is 12.4 Å². The fraction of sp³-hybridized carbons (Fsp3) is 0.769. The van der Waals surface area contributed by atoms with Crippen LogP contribution < -0.4 is 5.73 Å². The van der Waals surface area contributed by atoms with E-state index >= 15 is 0 Å². The van der Waals surface area contributed by atoms with Gasteiger partial charge in [-0.2, -0.15) is 5.10 Å². The smallest absolute Gasteiger partial charge is 0.0521 e. The molecule has 0 saturated heterocycles.